The van der Waals surface area contributed by atoms with Crippen LogP contribution >= 0.6 is 22.9 Å². The van der Waals surface area contributed by atoms with Gasteiger partial charge < -0.3 is 5.32 Å². The van der Waals surface area contributed by atoms with Crippen LogP contribution in [-0.4, -0.2) is 12.0 Å². The Bertz CT molecular complexity index is 739. The van der Waals surface area contributed by atoms with Crippen LogP contribution in [0.4, 0.5) is 4.39 Å². The largest absolute Gasteiger partial charge is 0.313 e. The summed E-state index contributed by atoms with van der Waals surface area (Å²) in [5.74, 6) is -0.250. The summed E-state index contributed by atoms with van der Waals surface area (Å²) in [7, 11) is 1.82. The molecule has 0 saturated heterocycles. The molecule has 0 aliphatic heterocycles. The number of benzene rings is 2. The number of fused-ring (bicyclic) bond motifs is 1. The summed E-state index contributed by atoms with van der Waals surface area (Å²) in [4.78, 5) is 4.60. The normalized spacial score (nSPS) is 12.7. The van der Waals surface area contributed by atoms with Crippen LogP contribution in [0.1, 0.15) is 16.6 Å². The molecule has 1 atom stereocenters. The highest BCUT2D eigenvalue weighted by Crippen LogP contribution is 2.28. The first-order valence-corrected chi connectivity index (χ1v) is 7.83. The second-order valence-corrected chi connectivity index (χ2v) is 6.34. The summed E-state index contributed by atoms with van der Waals surface area (Å²) in [5.41, 5.74) is 1.56. The van der Waals surface area contributed by atoms with Gasteiger partial charge in [-0.3, -0.25) is 0 Å². The summed E-state index contributed by atoms with van der Waals surface area (Å²) in [6.45, 7) is 0. The van der Waals surface area contributed by atoms with Crippen LogP contribution in [0.2, 0.25) is 5.02 Å². The van der Waals surface area contributed by atoms with E-state index in [0.29, 0.717) is 17.0 Å². The van der Waals surface area contributed by atoms with Crippen LogP contribution in [0.5, 0.6) is 0 Å². The summed E-state index contributed by atoms with van der Waals surface area (Å²) in [5, 5.41) is 4.67. The molecule has 108 valence electrons. The third-order valence-corrected chi connectivity index (χ3v) is 4.69. The van der Waals surface area contributed by atoms with Gasteiger partial charge in [0.25, 0.3) is 0 Å². The van der Waals surface area contributed by atoms with Crippen molar-refractivity contribution in [1.29, 1.82) is 0 Å². The van der Waals surface area contributed by atoms with E-state index in [-0.39, 0.29) is 11.9 Å². The molecule has 5 heteroatoms. The Morgan fingerprint density at radius 3 is 2.86 bits per heavy atom. The first-order valence-electron chi connectivity index (χ1n) is 6.64. The SMILES string of the molecule is CNC(Cc1nc2ccccc2s1)c1cc(Cl)ccc1F. The van der Waals surface area contributed by atoms with Crippen molar-refractivity contribution in [1.82, 2.24) is 10.3 Å². The maximum atomic E-state index is 14.0. The minimum Gasteiger partial charge on any atom is -0.313 e. The smallest absolute Gasteiger partial charge is 0.128 e. The van der Waals surface area contributed by atoms with Crippen molar-refractivity contribution in [2.75, 3.05) is 7.05 Å². The van der Waals surface area contributed by atoms with E-state index >= 15 is 0 Å². The maximum absolute atomic E-state index is 14.0. The molecule has 3 aromatic rings. The van der Waals surface area contributed by atoms with E-state index in [4.69, 9.17) is 11.6 Å². The highest BCUT2D eigenvalue weighted by molar-refractivity contribution is 7.18. The Kier molecular flexibility index (Phi) is 4.19. The van der Waals surface area contributed by atoms with E-state index in [2.05, 4.69) is 10.3 Å². The maximum Gasteiger partial charge on any atom is 0.128 e. The average molecular weight is 321 g/mol. The number of aromatic nitrogens is 1. The van der Waals surface area contributed by atoms with Gasteiger partial charge in [-0.25, -0.2) is 9.37 Å². The number of para-hydroxylation sites is 1. The fraction of sp³-hybridized carbons (Fsp3) is 0.188. The topological polar surface area (TPSA) is 24.9 Å². The quantitative estimate of drug-likeness (QED) is 0.760. The van der Waals surface area contributed by atoms with E-state index in [1.165, 1.54) is 6.07 Å². The van der Waals surface area contributed by atoms with Crippen molar-refractivity contribution in [2.24, 2.45) is 0 Å². The second-order valence-electron chi connectivity index (χ2n) is 4.79. The molecule has 1 unspecified atom stereocenters. The van der Waals surface area contributed by atoms with Gasteiger partial charge >= 0.3 is 0 Å². The van der Waals surface area contributed by atoms with Crippen molar-refractivity contribution in [3.63, 3.8) is 0 Å². The molecule has 0 aliphatic rings. The van der Waals surface area contributed by atoms with Crippen molar-refractivity contribution < 1.29 is 4.39 Å². The Morgan fingerprint density at radius 1 is 1.29 bits per heavy atom. The molecule has 21 heavy (non-hydrogen) atoms. The molecule has 1 heterocycles. The zero-order valence-corrected chi connectivity index (χ0v) is 13.0. The van der Waals surface area contributed by atoms with Crippen LogP contribution in [0.3, 0.4) is 0 Å². The lowest BCUT2D eigenvalue weighted by Gasteiger charge is -2.16. The van der Waals surface area contributed by atoms with E-state index in [9.17, 15) is 4.39 Å². The van der Waals surface area contributed by atoms with Crippen molar-refractivity contribution in [3.05, 3.63) is 63.9 Å². The third kappa shape index (κ3) is 3.07. The highest BCUT2D eigenvalue weighted by atomic mass is 35.5. The number of nitrogens with one attached hydrogen (secondary N) is 1. The monoisotopic (exact) mass is 320 g/mol. The van der Waals surface area contributed by atoms with Crippen molar-refractivity contribution in [2.45, 2.75) is 12.5 Å². The zero-order chi connectivity index (χ0) is 14.8. The summed E-state index contributed by atoms with van der Waals surface area (Å²) in [6, 6.07) is 12.5. The Balaban J connectivity index is 1.91. The molecule has 0 spiro atoms. The number of nitrogens with zero attached hydrogens (tertiary/aromatic N) is 1. The molecule has 0 aliphatic carbocycles. The lowest BCUT2D eigenvalue weighted by atomic mass is 10.0. The molecule has 0 bridgehead atoms. The fourth-order valence-electron chi connectivity index (χ4n) is 2.33. The van der Waals surface area contributed by atoms with E-state index in [0.717, 1.165) is 15.2 Å². The lowest BCUT2D eigenvalue weighted by molar-refractivity contribution is 0.533. The molecule has 0 fully saturated rings. The molecule has 1 aromatic heterocycles. The van der Waals surface area contributed by atoms with Crippen molar-refractivity contribution >= 4 is 33.2 Å². The number of likely N-dealkylation sites (N-methyl/N-ethyl adjacent to an activating group) is 1. The number of halogens is 2. The summed E-state index contributed by atoms with van der Waals surface area (Å²) < 4.78 is 15.1. The molecule has 0 amide bonds. The highest BCUT2D eigenvalue weighted by Gasteiger charge is 2.17. The molecular formula is C16H14ClFN2S. The predicted molar refractivity (Wildman–Crippen MR) is 86.5 cm³/mol. The van der Waals surface area contributed by atoms with Gasteiger partial charge in [0.1, 0.15) is 5.82 Å². The molecule has 2 nitrogen and oxygen atoms in total. The van der Waals surface area contributed by atoms with Crippen LogP contribution in [0.25, 0.3) is 10.2 Å². The first kappa shape index (κ1) is 14.4. The average Bonchev–Trinajstić information content (AvgIpc) is 2.90. The Labute approximate surface area is 131 Å². The Morgan fingerprint density at radius 2 is 2.10 bits per heavy atom. The van der Waals surface area contributed by atoms with E-state index < -0.39 is 0 Å². The number of hydrogen-bond donors (Lipinski definition) is 1. The van der Waals surface area contributed by atoms with Crippen molar-refractivity contribution in [3.8, 4) is 0 Å². The van der Waals surface area contributed by atoms with Gasteiger partial charge in [-0.2, -0.15) is 0 Å². The number of thiazole rings is 1. The fourth-order valence-corrected chi connectivity index (χ4v) is 3.52. The van der Waals surface area contributed by atoms with Gasteiger partial charge in [-0.05, 0) is 37.4 Å². The minimum atomic E-state index is -0.250. The molecule has 2 aromatic carbocycles. The first-order chi connectivity index (χ1) is 10.2. The molecule has 0 radical (unpaired) electrons. The van der Waals surface area contributed by atoms with E-state index in [1.807, 2.05) is 31.3 Å². The molecule has 1 N–H and O–H groups in total. The number of rotatable bonds is 4. The molecule has 0 saturated carbocycles. The summed E-state index contributed by atoms with van der Waals surface area (Å²) >= 11 is 7.62. The van der Waals surface area contributed by atoms with Crippen LogP contribution in [-0.2, 0) is 6.42 Å². The third-order valence-electron chi connectivity index (χ3n) is 3.40. The molecular weight excluding hydrogens is 307 g/mol. The second kappa shape index (κ2) is 6.10. The van der Waals surface area contributed by atoms with Gasteiger partial charge in [0.2, 0.25) is 0 Å². The standard InChI is InChI=1S/C16H14ClFN2S/c1-19-14(11-8-10(17)6-7-12(11)18)9-16-20-13-4-2-3-5-15(13)21-16/h2-8,14,19H,9H2,1H3. The van der Waals surface area contributed by atoms with Gasteiger partial charge in [0.05, 0.1) is 15.2 Å². The van der Waals surface area contributed by atoms with Crippen LogP contribution in [0, 0.1) is 5.82 Å². The van der Waals surface area contributed by atoms with E-state index in [1.54, 1.807) is 23.5 Å². The van der Waals surface area contributed by atoms with Gasteiger partial charge in [0.15, 0.2) is 0 Å². The lowest BCUT2D eigenvalue weighted by Crippen LogP contribution is -2.20. The predicted octanol–water partition coefficient (Wildman–Crippen LogP) is 4.59. The zero-order valence-electron chi connectivity index (χ0n) is 11.4. The number of hydrogen-bond acceptors (Lipinski definition) is 3. The van der Waals surface area contributed by atoms with Gasteiger partial charge in [0, 0.05) is 23.0 Å². The van der Waals surface area contributed by atoms with Gasteiger partial charge in [-0.15, -0.1) is 11.3 Å². The summed E-state index contributed by atoms with van der Waals surface area (Å²) in [6.07, 6.45) is 0.632. The Hall–Kier alpha value is -1.49. The minimum absolute atomic E-state index is 0.149. The van der Waals surface area contributed by atoms with Gasteiger partial charge in [-0.1, -0.05) is 23.7 Å². The molecule has 3 rings (SSSR count). The van der Waals surface area contributed by atoms with Crippen LogP contribution in [0.15, 0.2) is 42.5 Å². The van der Waals surface area contributed by atoms with Crippen LogP contribution < -0.4 is 5.32 Å².